The van der Waals surface area contributed by atoms with Gasteiger partial charge in [0.2, 0.25) is 11.7 Å². The topological polar surface area (TPSA) is 82.8 Å². The molecule has 2 atom stereocenters. The van der Waals surface area contributed by atoms with Crippen LogP contribution in [0.2, 0.25) is 0 Å². The number of carbonyl (C=O) groups is 1. The molecule has 1 aromatic carbocycles. The number of nitrogens with two attached hydrogens (primary N) is 1. The quantitative estimate of drug-likeness (QED) is 0.781. The molecule has 1 amide bonds. The van der Waals surface area contributed by atoms with Gasteiger partial charge in [-0.3, -0.25) is 4.79 Å². The van der Waals surface area contributed by atoms with Gasteiger partial charge >= 0.3 is 0 Å². The van der Waals surface area contributed by atoms with Crippen LogP contribution in [0, 0.1) is 5.92 Å². The molecule has 1 aromatic rings. The number of benzene rings is 1. The largest absolute Gasteiger partial charge is 0.493 e. The molecular weight excluding hydrogens is 332 g/mol. The monoisotopic (exact) mass is 358 g/mol. The Morgan fingerprint density at radius 3 is 2.42 bits per heavy atom. The first-order valence-corrected chi connectivity index (χ1v) is 7.90. The van der Waals surface area contributed by atoms with Crippen molar-refractivity contribution < 1.29 is 19.0 Å². The van der Waals surface area contributed by atoms with Gasteiger partial charge in [-0.2, -0.15) is 0 Å². The maximum Gasteiger partial charge on any atom is 0.220 e. The molecule has 0 spiro atoms. The number of nitrogens with one attached hydrogen (secondary N) is 1. The van der Waals surface area contributed by atoms with E-state index in [0.717, 1.165) is 24.8 Å². The summed E-state index contributed by atoms with van der Waals surface area (Å²) >= 11 is 0. The summed E-state index contributed by atoms with van der Waals surface area (Å²) in [5.41, 5.74) is 6.86. The van der Waals surface area contributed by atoms with Crippen LogP contribution >= 0.6 is 12.4 Å². The van der Waals surface area contributed by atoms with Crippen LogP contribution in [0.4, 0.5) is 0 Å². The van der Waals surface area contributed by atoms with E-state index in [-0.39, 0.29) is 24.4 Å². The number of hydrogen-bond donors (Lipinski definition) is 2. The number of ether oxygens (including phenoxy) is 3. The molecule has 2 rings (SSSR count). The minimum absolute atomic E-state index is 0. The summed E-state index contributed by atoms with van der Waals surface area (Å²) in [6, 6.07) is 3.81. The summed E-state index contributed by atoms with van der Waals surface area (Å²) in [4.78, 5) is 12.1. The lowest BCUT2D eigenvalue weighted by atomic mass is 10.00. The molecule has 0 bridgehead atoms. The Kier molecular flexibility index (Phi) is 8.15. The fourth-order valence-electron chi connectivity index (χ4n) is 3.13. The van der Waals surface area contributed by atoms with Gasteiger partial charge in [0, 0.05) is 24.6 Å². The Morgan fingerprint density at radius 2 is 1.88 bits per heavy atom. The summed E-state index contributed by atoms with van der Waals surface area (Å²) in [6.07, 6.45) is 3.65. The van der Waals surface area contributed by atoms with Crippen LogP contribution in [0.15, 0.2) is 12.1 Å². The first-order chi connectivity index (χ1) is 11.1. The van der Waals surface area contributed by atoms with Gasteiger partial charge in [0.25, 0.3) is 0 Å². The van der Waals surface area contributed by atoms with Gasteiger partial charge in [-0.25, -0.2) is 0 Å². The molecule has 136 valence electrons. The SMILES string of the molecule is COc1ccc(CNC(=O)C[C@@H]2CCC[C@H]2N)c(OC)c1OC.Cl. The number of hydrogen-bond acceptors (Lipinski definition) is 5. The molecule has 3 N–H and O–H groups in total. The Morgan fingerprint density at radius 1 is 1.17 bits per heavy atom. The fourth-order valence-corrected chi connectivity index (χ4v) is 3.13. The van der Waals surface area contributed by atoms with Crippen molar-refractivity contribution in [1.29, 1.82) is 0 Å². The zero-order chi connectivity index (χ0) is 16.8. The predicted molar refractivity (Wildman–Crippen MR) is 95.1 cm³/mol. The number of halogens is 1. The second-order valence-corrected chi connectivity index (χ2v) is 5.83. The van der Waals surface area contributed by atoms with Gasteiger partial charge in [-0.1, -0.05) is 6.42 Å². The van der Waals surface area contributed by atoms with Crippen LogP contribution in [0.25, 0.3) is 0 Å². The van der Waals surface area contributed by atoms with Gasteiger partial charge in [0.15, 0.2) is 11.5 Å². The van der Waals surface area contributed by atoms with E-state index in [1.807, 2.05) is 6.07 Å². The maximum atomic E-state index is 12.1. The van der Waals surface area contributed by atoms with Gasteiger partial charge < -0.3 is 25.3 Å². The normalized spacial score (nSPS) is 19.3. The van der Waals surface area contributed by atoms with E-state index >= 15 is 0 Å². The highest BCUT2D eigenvalue weighted by molar-refractivity contribution is 5.85. The minimum atomic E-state index is 0. The third kappa shape index (κ3) is 4.68. The lowest BCUT2D eigenvalue weighted by Gasteiger charge is -2.17. The molecule has 6 nitrogen and oxygen atoms in total. The molecule has 0 unspecified atom stereocenters. The molecule has 1 fully saturated rings. The highest BCUT2D eigenvalue weighted by Gasteiger charge is 2.26. The molecule has 1 aliphatic rings. The van der Waals surface area contributed by atoms with Crippen LogP contribution in [-0.2, 0) is 11.3 Å². The average Bonchev–Trinajstić information content (AvgIpc) is 2.96. The van der Waals surface area contributed by atoms with Crippen LogP contribution in [0.1, 0.15) is 31.2 Å². The van der Waals surface area contributed by atoms with Crippen LogP contribution in [0.5, 0.6) is 17.2 Å². The summed E-state index contributed by atoms with van der Waals surface area (Å²) < 4.78 is 16.0. The number of rotatable bonds is 7. The van der Waals surface area contributed by atoms with E-state index in [2.05, 4.69) is 5.32 Å². The van der Waals surface area contributed by atoms with Crippen molar-refractivity contribution >= 4 is 18.3 Å². The second kappa shape index (κ2) is 9.59. The first kappa shape index (κ1) is 20.4. The van der Waals surface area contributed by atoms with Crippen molar-refractivity contribution in [3.63, 3.8) is 0 Å². The molecule has 1 saturated carbocycles. The molecule has 0 heterocycles. The number of amides is 1. The highest BCUT2D eigenvalue weighted by Crippen LogP contribution is 2.39. The summed E-state index contributed by atoms with van der Waals surface area (Å²) in [7, 11) is 4.70. The Hall–Kier alpha value is -1.66. The smallest absolute Gasteiger partial charge is 0.220 e. The average molecular weight is 359 g/mol. The molecule has 0 aliphatic heterocycles. The summed E-state index contributed by atoms with van der Waals surface area (Å²) in [6.45, 7) is 0.379. The minimum Gasteiger partial charge on any atom is -0.493 e. The number of carbonyl (C=O) groups excluding carboxylic acids is 1. The second-order valence-electron chi connectivity index (χ2n) is 5.83. The van der Waals surface area contributed by atoms with E-state index in [4.69, 9.17) is 19.9 Å². The standard InChI is InChI=1S/C17H26N2O4.ClH/c1-21-14-8-7-12(16(22-2)17(14)23-3)10-19-15(20)9-11-5-4-6-13(11)18;/h7-8,11,13H,4-6,9-10,18H2,1-3H3,(H,19,20);1H/t11-,13+;/m0./s1. The van der Waals surface area contributed by atoms with Crippen LogP contribution in [0.3, 0.4) is 0 Å². The lowest BCUT2D eigenvalue weighted by Crippen LogP contribution is -2.31. The van der Waals surface area contributed by atoms with Gasteiger partial charge in [-0.05, 0) is 30.9 Å². The third-order valence-electron chi connectivity index (χ3n) is 4.43. The summed E-state index contributed by atoms with van der Waals surface area (Å²) in [5.74, 6) is 2.01. The fraction of sp³-hybridized carbons (Fsp3) is 0.588. The van der Waals surface area contributed by atoms with Crippen LogP contribution in [-0.4, -0.2) is 33.3 Å². The van der Waals surface area contributed by atoms with Crippen molar-refractivity contribution in [3.8, 4) is 17.2 Å². The van der Waals surface area contributed by atoms with E-state index in [1.54, 1.807) is 27.4 Å². The van der Waals surface area contributed by atoms with Crippen molar-refractivity contribution in [3.05, 3.63) is 17.7 Å². The molecule has 0 radical (unpaired) electrons. The third-order valence-corrected chi connectivity index (χ3v) is 4.43. The number of methoxy groups -OCH3 is 3. The molecule has 0 aromatic heterocycles. The van der Waals surface area contributed by atoms with E-state index in [0.29, 0.717) is 36.1 Å². The lowest BCUT2D eigenvalue weighted by molar-refractivity contribution is -0.122. The van der Waals surface area contributed by atoms with E-state index in [1.165, 1.54) is 0 Å². The molecular formula is C17H27ClN2O4. The highest BCUT2D eigenvalue weighted by atomic mass is 35.5. The molecule has 0 saturated heterocycles. The predicted octanol–water partition coefficient (Wildman–Crippen LogP) is 2.27. The van der Waals surface area contributed by atoms with E-state index in [9.17, 15) is 4.79 Å². The Labute approximate surface area is 149 Å². The first-order valence-electron chi connectivity index (χ1n) is 7.90. The summed E-state index contributed by atoms with van der Waals surface area (Å²) in [5, 5.41) is 2.94. The van der Waals surface area contributed by atoms with Gasteiger partial charge in [-0.15, -0.1) is 12.4 Å². The molecule has 1 aliphatic carbocycles. The molecule has 7 heteroatoms. The van der Waals surface area contributed by atoms with Crippen molar-refractivity contribution in [2.75, 3.05) is 21.3 Å². The Bertz CT molecular complexity index is 554. The maximum absolute atomic E-state index is 12.1. The van der Waals surface area contributed by atoms with Crippen LogP contribution < -0.4 is 25.3 Å². The van der Waals surface area contributed by atoms with Crippen molar-refractivity contribution in [2.24, 2.45) is 11.7 Å². The zero-order valence-corrected chi connectivity index (χ0v) is 15.3. The molecule has 24 heavy (non-hydrogen) atoms. The van der Waals surface area contributed by atoms with Crippen molar-refractivity contribution in [1.82, 2.24) is 5.32 Å². The Balaban J connectivity index is 0.00000288. The van der Waals surface area contributed by atoms with E-state index < -0.39 is 0 Å². The van der Waals surface area contributed by atoms with Gasteiger partial charge in [0.1, 0.15) is 0 Å². The zero-order valence-electron chi connectivity index (χ0n) is 14.5. The van der Waals surface area contributed by atoms with Crippen molar-refractivity contribution in [2.45, 2.75) is 38.3 Å². The van der Waals surface area contributed by atoms with Gasteiger partial charge in [0.05, 0.1) is 21.3 Å².